The molecule has 0 aliphatic heterocycles. The molecular formula is C9H8Br2O. The zero-order valence-electron chi connectivity index (χ0n) is 6.60. The molecule has 0 aliphatic carbocycles. The lowest BCUT2D eigenvalue weighted by molar-refractivity contribution is 0.102. The number of hydrogen-bond acceptors (Lipinski definition) is 1. The van der Waals surface area contributed by atoms with Gasteiger partial charge in [0, 0.05) is 10.0 Å². The maximum absolute atomic E-state index is 11.2. The van der Waals surface area contributed by atoms with E-state index in [1.165, 1.54) is 0 Å². The van der Waals surface area contributed by atoms with Crippen molar-refractivity contribution in [3.05, 3.63) is 33.8 Å². The standard InChI is InChI=1S/C9H8Br2O/c1-6-4-7(9(12)5-10)2-3-8(6)11/h2-4H,5H2,1H3. The number of aryl methyl sites for hydroxylation is 1. The molecule has 0 radical (unpaired) electrons. The molecule has 0 bridgehead atoms. The second kappa shape index (κ2) is 4.19. The lowest BCUT2D eigenvalue weighted by atomic mass is 10.1. The Labute approximate surface area is 88.4 Å². The summed E-state index contributed by atoms with van der Waals surface area (Å²) in [5.41, 5.74) is 1.84. The number of carbonyl (C=O) groups excluding carboxylic acids is 1. The number of carbonyl (C=O) groups is 1. The number of rotatable bonds is 2. The van der Waals surface area contributed by atoms with E-state index < -0.39 is 0 Å². The highest BCUT2D eigenvalue weighted by molar-refractivity contribution is 9.10. The van der Waals surface area contributed by atoms with Gasteiger partial charge in [0.2, 0.25) is 0 Å². The molecule has 0 atom stereocenters. The minimum atomic E-state index is 0.116. The average molecular weight is 292 g/mol. The number of benzene rings is 1. The lowest BCUT2D eigenvalue weighted by Crippen LogP contribution is -1.99. The summed E-state index contributed by atoms with van der Waals surface area (Å²) in [4.78, 5) is 11.2. The minimum absolute atomic E-state index is 0.116. The molecule has 0 aliphatic rings. The van der Waals surface area contributed by atoms with Crippen molar-refractivity contribution >= 4 is 37.6 Å². The van der Waals surface area contributed by atoms with Gasteiger partial charge in [0.05, 0.1) is 5.33 Å². The van der Waals surface area contributed by atoms with Crippen molar-refractivity contribution in [1.29, 1.82) is 0 Å². The number of ketones is 1. The number of alkyl halides is 1. The van der Waals surface area contributed by atoms with E-state index in [1.807, 2.05) is 25.1 Å². The molecule has 12 heavy (non-hydrogen) atoms. The van der Waals surface area contributed by atoms with Crippen LogP contribution in [0.2, 0.25) is 0 Å². The highest BCUT2D eigenvalue weighted by Gasteiger charge is 2.04. The number of Topliss-reactive ketones (excluding diaryl/α,β-unsaturated/α-hetero) is 1. The van der Waals surface area contributed by atoms with E-state index in [0.29, 0.717) is 5.33 Å². The van der Waals surface area contributed by atoms with Gasteiger partial charge in [0.15, 0.2) is 5.78 Å². The van der Waals surface area contributed by atoms with Crippen molar-refractivity contribution in [2.24, 2.45) is 0 Å². The molecule has 0 heterocycles. The van der Waals surface area contributed by atoms with E-state index in [1.54, 1.807) is 0 Å². The quantitative estimate of drug-likeness (QED) is 0.603. The van der Waals surface area contributed by atoms with Gasteiger partial charge in [-0.2, -0.15) is 0 Å². The molecule has 0 amide bonds. The van der Waals surface area contributed by atoms with Crippen LogP contribution in [0, 0.1) is 6.92 Å². The van der Waals surface area contributed by atoms with Crippen molar-refractivity contribution < 1.29 is 4.79 Å². The van der Waals surface area contributed by atoms with E-state index in [4.69, 9.17) is 0 Å². The second-order valence-electron chi connectivity index (χ2n) is 2.52. The number of halogens is 2. The summed E-state index contributed by atoms with van der Waals surface area (Å²) >= 11 is 6.51. The Kier molecular flexibility index (Phi) is 3.47. The molecule has 0 spiro atoms. The van der Waals surface area contributed by atoms with Crippen molar-refractivity contribution in [1.82, 2.24) is 0 Å². The molecule has 0 fully saturated rings. The highest BCUT2D eigenvalue weighted by atomic mass is 79.9. The van der Waals surface area contributed by atoms with Gasteiger partial charge in [-0.3, -0.25) is 4.79 Å². The van der Waals surface area contributed by atoms with Crippen molar-refractivity contribution in [3.63, 3.8) is 0 Å². The van der Waals surface area contributed by atoms with E-state index in [9.17, 15) is 4.79 Å². The van der Waals surface area contributed by atoms with Crippen LogP contribution in [0.5, 0.6) is 0 Å². The Hall–Kier alpha value is -0.150. The SMILES string of the molecule is Cc1cc(C(=O)CBr)ccc1Br. The van der Waals surface area contributed by atoms with Gasteiger partial charge in [-0.1, -0.05) is 37.9 Å². The summed E-state index contributed by atoms with van der Waals surface area (Å²) in [6, 6.07) is 5.60. The van der Waals surface area contributed by atoms with Crippen LogP contribution in [0.1, 0.15) is 15.9 Å². The first kappa shape index (κ1) is 9.93. The van der Waals surface area contributed by atoms with Crippen LogP contribution < -0.4 is 0 Å². The Bertz CT molecular complexity index is 307. The van der Waals surface area contributed by atoms with E-state index in [-0.39, 0.29) is 5.78 Å². The molecule has 1 nitrogen and oxygen atoms in total. The minimum Gasteiger partial charge on any atom is -0.293 e. The van der Waals surface area contributed by atoms with E-state index >= 15 is 0 Å². The first-order valence-corrected chi connectivity index (χ1v) is 5.42. The smallest absolute Gasteiger partial charge is 0.173 e. The van der Waals surface area contributed by atoms with Gasteiger partial charge in [-0.05, 0) is 24.6 Å². The molecule has 3 heteroatoms. The van der Waals surface area contributed by atoms with Gasteiger partial charge in [-0.25, -0.2) is 0 Å². The Morgan fingerprint density at radius 3 is 2.67 bits per heavy atom. The topological polar surface area (TPSA) is 17.1 Å². The van der Waals surface area contributed by atoms with Crippen LogP contribution in [0.25, 0.3) is 0 Å². The summed E-state index contributed by atoms with van der Waals surface area (Å²) in [7, 11) is 0. The first-order chi connectivity index (χ1) is 5.65. The summed E-state index contributed by atoms with van der Waals surface area (Å²) in [6.07, 6.45) is 0. The molecule has 1 rings (SSSR count). The highest BCUT2D eigenvalue weighted by Crippen LogP contribution is 2.17. The predicted molar refractivity (Wildman–Crippen MR) is 57.0 cm³/mol. The summed E-state index contributed by atoms with van der Waals surface area (Å²) in [6.45, 7) is 1.97. The molecule has 1 aromatic carbocycles. The van der Waals surface area contributed by atoms with E-state index in [0.717, 1.165) is 15.6 Å². The molecule has 0 unspecified atom stereocenters. The van der Waals surface area contributed by atoms with Gasteiger partial charge in [0.1, 0.15) is 0 Å². The fraction of sp³-hybridized carbons (Fsp3) is 0.222. The molecule has 0 saturated heterocycles. The molecule has 0 aromatic heterocycles. The Morgan fingerprint density at radius 2 is 2.17 bits per heavy atom. The van der Waals surface area contributed by atoms with Crippen LogP contribution in [0.3, 0.4) is 0 Å². The van der Waals surface area contributed by atoms with Gasteiger partial charge >= 0.3 is 0 Å². The second-order valence-corrected chi connectivity index (χ2v) is 3.94. The van der Waals surface area contributed by atoms with Crippen molar-refractivity contribution in [2.45, 2.75) is 6.92 Å². The van der Waals surface area contributed by atoms with Gasteiger partial charge < -0.3 is 0 Å². The van der Waals surface area contributed by atoms with Gasteiger partial charge in [0.25, 0.3) is 0 Å². The fourth-order valence-electron chi connectivity index (χ4n) is 0.895. The third kappa shape index (κ3) is 2.17. The number of hydrogen-bond donors (Lipinski definition) is 0. The van der Waals surface area contributed by atoms with Crippen LogP contribution >= 0.6 is 31.9 Å². The third-order valence-electron chi connectivity index (χ3n) is 1.60. The Morgan fingerprint density at radius 1 is 1.50 bits per heavy atom. The largest absolute Gasteiger partial charge is 0.293 e. The zero-order valence-corrected chi connectivity index (χ0v) is 9.78. The maximum Gasteiger partial charge on any atom is 0.173 e. The maximum atomic E-state index is 11.2. The lowest BCUT2D eigenvalue weighted by Gasteiger charge is -2.00. The molecule has 64 valence electrons. The van der Waals surface area contributed by atoms with Crippen LogP contribution in [0.4, 0.5) is 0 Å². The summed E-state index contributed by atoms with van der Waals surface area (Å²) in [5.74, 6) is 0.116. The average Bonchev–Trinajstić information content (AvgIpc) is 2.08. The predicted octanol–water partition coefficient (Wildman–Crippen LogP) is 3.34. The Balaban J connectivity index is 3.05. The van der Waals surface area contributed by atoms with Crippen molar-refractivity contribution in [3.8, 4) is 0 Å². The summed E-state index contributed by atoms with van der Waals surface area (Å²) in [5, 5.41) is 0.383. The molecular weight excluding hydrogens is 284 g/mol. The van der Waals surface area contributed by atoms with Crippen LogP contribution in [-0.4, -0.2) is 11.1 Å². The van der Waals surface area contributed by atoms with Crippen LogP contribution in [-0.2, 0) is 0 Å². The molecule has 1 aromatic rings. The van der Waals surface area contributed by atoms with E-state index in [2.05, 4.69) is 31.9 Å². The first-order valence-electron chi connectivity index (χ1n) is 3.50. The fourth-order valence-corrected chi connectivity index (χ4v) is 1.47. The summed E-state index contributed by atoms with van der Waals surface area (Å²) < 4.78 is 1.04. The molecule has 0 saturated carbocycles. The van der Waals surface area contributed by atoms with Crippen molar-refractivity contribution in [2.75, 3.05) is 5.33 Å². The third-order valence-corrected chi connectivity index (χ3v) is 3.00. The zero-order chi connectivity index (χ0) is 9.14. The molecule has 0 N–H and O–H groups in total. The normalized spacial score (nSPS) is 9.92. The van der Waals surface area contributed by atoms with Crippen LogP contribution in [0.15, 0.2) is 22.7 Å². The van der Waals surface area contributed by atoms with Gasteiger partial charge in [-0.15, -0.1) is 0 Å². The monoisotopic (exact) mass is 290 g/mol.